The molecule has 0 atom stereocenters. The van der Waals surface area contributed by atoms with Gasteiger partial charge in [0, 0.05) is 18.9 Å². The Balaban J connectivity index is 0.000000361. The number of unbranched alkanes of at least 4 members (excludes halogenated alkanes) is 1. The Labute approximate surface area is 122 Å². The van der Waals surface area contributed by atoms with E-state index >= 15 is 0 Å². The molecule has 0 aromatic rings. The summed E-state index contributed by atoms with van der Waals surface area (Å²) in [7, 11) is 3.66. The largest absolute Gasteiger partial charge is 0.570 e. The third kappa shape index (κ3) is 6.07. The second-order valence-electron chi connectivity index (χ2n) is 5.66. The van der Waals surface area contributed by atoms with E-state index in [1.165, 1.54) is 56.9 Å². The average molecular weight is 276 g/mol. The van der Waals surface area contributed by atoms with Crippen molar-refractivity contribution in [2.45, 2.75) is 38.9 Å². The van der Waals surface area contributed by atoms with Crippen molar-refractivity contribution in [3.63, 3.8) is 0 Å². The average Bonchev–Trinajstić information content (AvgIpc) is 2.91. The fourth-order valence-corrected chi connectivity index (χ4v) is 2.30. The summed E-state index contributed by atoms with van der Waals surface area (Å²) < 4.78 is 5.95. The number of hydrogen-bond acceptors (Lipinski definition) is 4. The molecular formula is C14H25BN4O. The van der Waals surface area contributed by atoms with Crippen molar-refractivity contribution in [3.05, 3.63) is 0 Å². The van der Waals surface area contributed by atoms with Gasteiger partial charge in [-0.3, -0.25) is 0 Å². The highest BCUT2D eigenvalue weighted by molar-refractivity contribution is 6.88. The standard InChI is InChI=1S/C9H20N.C5H5BN3O/c1-3-4-7-10(2)8-5-6-9-10;1-10-6(4-8,5-9)2-3-7/h3-9H2,1-2H3;2H2,1H3/q+1;-1. The van der Waals surface area contributed by atoms with E-state index in [0.29, 0.717) is 0 Å². The summed E-state index contributed by atoms with van der Waals surface area (Å²) >= 11 is 0. The molecule has 1 rings (SSSR count). The fourth-order valence-electron chi connectivity index (χ4n) is 2.30. The van der Waals surface area contributed by atoms with Crippen LogP contribution < -0.4 is 0 Å². The van der Waals surface area contributed by atoms with Crippen molar-refractivity contribution in [1.29, 1.82) is 15.8 Å². The molecule has 20 heavy (non-hydrogen) atoms. The van der Waals surface area contributed by atoms with E-state index in [9.17, 15) is 0 Å². The van der Waals surface area contributed by atoms with Crippen molar-refractivity contribution in [2.24, 2.45) is 0 Å². The molecule has 0 aromatic carbocycles. The maximum absolute atomic E-state index is 8.39. The number of nitrogens with zero attached hydrogens (tertiary/aromatic N) is 4. The molecule has 1 heterocycles. The molecule has 110 valence electrons. The van der Waals surface area contributed by atoms with Gasteiger partial charge in [0.05, 0.1) is 26.7 Å². The Morgan fingerprint density at radius 2 is 1.70 bits per heavy atom. The zero-order valence-electron chi connectivity index (χ0n) is 12.9. The van der Waals surface area contributed by atoms with Crippen LogP contribution in [-0.4, -0.2) is 44.6 Å². The molecule has 0 aliphatic carbocycles. The van der Waals surface area contributed by atoms with Crippen LogP contribution in [0.1, 0.15) is 32.6 Å². The Bertz CT molecular complexity index is 385. The van der Waals surface area contributed by atoms with Crippen LogP contribution in [0.4, 0.5) is 0 Å². The van der Waals surface area contributed by atoms with Gasteiger partial charge >= 0.3 is 6.35 Å². The highest BCUT2D eigenvalue weighted by Crippen LogP contribution is 2.16. The van der Waals surface area contributed by atoms with E-state index in [1.54, 1.807) is 18.0 Å². The van der Waals surface area contributed by atoms with Crippen LogP contribution in [0.2, 0.25) is 6.32 Å². The Morgan fingerprint density at radius 1 is 1.15 bits per heavy atom. The van der Waals surface area contributed by atoms with E-state index in [-0.39, 0.29) is 6.32 Å². The minimum absolute atomic E-state index is 0.163. The molecular weight excluding hydrogens is 251 g/mol. The molecule has 0 N–H and O–H groups in total. The predicted molar refractivity (Wildman–Crippen MR) is 79.3 cm³/mol. The van der Waals surface area contributed by atoms with Crippen LogP contribution in [0.25, 0.3) is 0 Å². The number of likely N-dealkylation sites (tertiary alicyclic amines) is 1. The van der Waals surface area contributed by atoms with Crippen molar-refractivity contribution in [3.8, 4) is 18.0 Å². The van der Waals surface area contributed by atoms with Crippen LogP contribution in [0.5, 0.6) is 0 Å². The normalized spacial score (nSPS) is 16.2. The molecule has 1 fully saturated rings. The van der Waals surface area contributed by atoms with Gasteiger partial charge in [-0.25, -0.2) is 15.8 Å². The number of quaternary nitrogens is 1. The van der Waals surface area contributed by atoms with Gasteiger partial charge in [-0.15, -0.1) is 11.9 Å². The van der Waals surface area contributed by atoms with Crippen LogP contribution in [0.15, 0.2) is 0 Å². The summed E-state index contributed by atoms with van der Waals surface area (Å²) in [5.74, 6) is 3.34. The van der Waals surface area contributed by atoms with Crippen LogP contribution >= 0.6 is 0 Å². The van der Waals surface area contributed by atoms with Gasteiger partial charge in [-0.05, 0) is 19.9 Å². The van der Waals surface area contributed by atoms with Crippen LogP contribution in [0.3, 0.4) is 0 Å². The Hall–Kier alpha value is -1.55. The van der Waals surface area contributed by atoms with Gasteiger partial charge in [0.25, 0.3) is 0 Å². The first-order valence-corrected chi connectivity index (χ1v) is 7.26. The molecule has 1 aliphatic heterocycles. The Kier molecular flexibility index (Phi) is 8.65. The summed E-state index contributed by atoms with van der Waals surface area (Å²) in [5.41, 5.74) is 0. The van der Waals surface area contributed by atoms with E-state index in [2.05, 4.69) is 18.6 Å². The molecule has 0 saturated carbocycles. The quantitative estimate of drug-likeness (QED) is 0.569. The minimum Gasteiger partial charge on any atom is -0.570 e. The molecule has 0 spiro atoms. The number of rotatable bonds is 5. The monoisotopic (exact) mass is 276 g/mol. The predicted octanol–water partition coefficient (Wildman–Crippen LogP) is 2.25. The topological polar surface area (TPSA) is 80.6 Å². The molecule has 0 bridgehead atoms. The van der Waals surface area contributed by atoms with Gasteiger partial charge in [0.2, 0.25) is 0 Å². The number of hydrogen-bond donors (Lipinski definition) is 0. The lowest BCUT2D eigenvalue weighted by Gasteiger charge is -2.28. The van der Waals surface area contributed by atoms with E-state index < -0.39 is 6.35 Å². The molecule has 0 amide bonds. The first kappa shape index (κ1) is 18.5. The van der Waals surface area contributed by atoms with E-state index in [0.717, 1.165) is 0 Å². The lowest BCUT2D eigenvalue weighted by atomic mass is 9.41. The highest BCUT2D eigenvalue weighted by atomic mass is 16.4. The zero-order valence-corrected chi connectivity index (χ0v) is 12.9. The van der Waals surface area contributed by atoms with E-state index in [1.807, 2.05) is 0 Å². The summed E-state index contributed by atoms with van der Waals surface area (Å²) in [6.07, 6.45) is 3.32. The maximum Gasteiger partial charge on any atom is 0.327 e. The van der Waals surface area contributed by atoms with Gasteiger partial charge in [-0.2, -0.15) is 0 Å². The first-order chi connectivity index (χ1) is 9.51. The molecule has 1 saturated heterocycles. The third-order valence-corrected chi connectivity index (χ3v) is 3.90. The minimum atomic E-state index is -2.20. The second-order valence-corrected chi connectivity index (χ2v) is 5.66. The Morgan fingerprint density at radius 3 is 2.00 bits per heavy atom. The SMILES string of the molecule is CCCC[N+]1(C)CCCC1.CO[B-](C#N)(C#N)CC#N. The summed E-state index contributed by atoms with van der Waals surface area (Å²) in [6, 6.07) is 1.72. The van der Waals surface area contributed by atoms with Crippen LogP contribution in [0, 0.1) is 33.8 Å². The summed E-state index contributed by atoms with van der Waals surface area (Å²) in [5, 5.41) is 25.0. The second kappa shape index (κ2) is 9.37. The molecule has 0 unspecified atom stereocenters. The van der Waals surface area contributed by atoms with Crippen molar-refractivity contribution in [1.82, 2.24) is 0 Å². The zero-order chi connectivity index (χ0) is 15.5. The van der Waals surface area contributed by atoms with Crippen molar-refractivity contribution in [2.75, 3.05) is 33.8 Å². The van der Waals surface area contributed by atoms with Gasteiger partial charge in [-0.1, -0.05) is 13.3 Å². The number of nitriles is 3. The molecule has 0 radical (unpaired) electrons. The summed E-state index contributed by atoms with van der Waals surface area (Å²) in [6.45, 7) is 6.55. The van der Waals surface area contributed by atoms with Crippen molar-refractivity contribution < 1.29 is 9.14 Å². The molecule has 0 aromatic heterocycles. The van der Waals surface area contributed by atoms with E-state index in [4.69, 9.17) is 15.8 Å². The fraction of sp³-hybridized carbons (Fsp3) is 0.786. The lowest BCUT2D eigenvalue weighted by Crippen LogP contribution is -2.41. The van der Waals surface area contributed by atoms with Crippen LogP contribution in [-0.2, 0) is 4.65 Å². The van der Waals surface area contributed by atoms with Gasteiger partial charge in [0.1, 0.15) is 0 Å². The molecule has 1 aliphatic rings. The van der Waals surface area contributed by atoms with Gasteiger partial charge in [0.15, 0.2) is 0 Å². The third-order valence-electron chi connectivity index (χ3n) is 3.90. The smallest absolute Gasteiger partial charge is 0.327 e. The lowest BCUT2D eigenvalue weighted by molar-refractivity contribution is -0.897. The summed E-state index contributed by atoms with van der Waals surface area (Å²) in [4.78, 5) is 0. The van der Waals surface area contributed by atoms with Crippen molar-refractivity contribution >= 4 is 6.35 Å². The first-order valence-electron chi connectivity index (χ1n) is 7.26. The molecule has 5 nitrogen and oxygen atoms in total. The highest BCUT2D eigenvalue weighted by Gasteiger charge is 2.25. The molecule has 6 heteroatoms. The van der Waals surface area contributed by atoms with Gasteiger partial charge < -0.3 is 9.14 Å². The maximum atomic E-state index is 8.39.